The van der Waals surface area contributed by atoms with Crippen molar-refractivity contribution >= 4 is 17.4 Å². The summed E-state index contributed by atoms with van der Waals surface area (Å²) in [5, 5.41) is 10.8. The number of benzene rings is 1. The Bertz CT molecular complexity index is 706. The van der Waals surface area contributed by atoms with Gasteiger partial charge in [0.05, 0.1) is 12.8 Å². The van der Waals surface area contributed by atoms with E-state index < -0.39 is 6.10 Å². The standard InChI is InChI=1S/C15H16N4O3/c1-19-8-7-14(17-19)16-15(20)13-9-12(18-22-13)10-3-5-11(21-2)6-4-10/h3-8,13H,9H2,1-2H3,(H,16,17,20). The summed E-state index contributed by atoms with van der Waals surface area (Å²) >= 11 is 0. The molecule has 1 aliphatic heterocycles. The van der Waals surface area contributed by atoms with E-state index in [0.717, 1.165) is 17.0 Å². The molecule has 0 spiro atoms. The molecule has 2 heterocycles. The van der Waals surface area contributed by atoms with Crippen LogP contribution in [-0.2, 0) is 16.7 Å². The maximum absolute atomic E-state index is 12.1. The number of hydrogen-bond acceptors (Lipinski definition) is 5. The van der Waals surface area contributed by atoms with Gasteiger partial charge in [-0.3, -0.25) is 9.48 Å². The lowest BCUT2D eigenvalue weighted by Crippen LogP contribution is -2.28. The summed E-state index contributed by atoms with van der Waals surface area (Å²) in [4.78, 5) is 17.4. The van der Waals surface area contributed by atoms with Gasteiger partial charge in [-0.2, -0.15) is 5.10 Å². The van der Waals surface area contributed by atoms with E-state index in [4.69, 9.17) is 9.57 Å². The van der Waals surface area contributed by atoms with Crippen LogP contribution in [0.15, 0.2) is 41.7 Å². The maximum Gasteiger partial charge on any atom is 0.269 e. The number of ether oxygens (including phenoxy) is 1. The van der Waals surface area contributed by atoms with Crippen LogP contribution in [0.2, 0.25) is 0 Å². The van der Waals surface area contributed by atoms with E-state index in [9.17, 15) is 4.79 Å². The number of rotatable bonds is 4. The molecule has 1 atom stereocenters. The quantitative estimate of drug-likeness (QED) is 0.929. The van der Waals surface area contributed by atoms with E-state index in [2.05, 4.69) is 15.6 Å². The topological polar surface area (TPSA) is 77.7 Å². The van der Waals surface area contributed by atoms with Crippen molar-refractivity contribution in [2.24, 2.45) is 12.2 Å². The minimum Gasteiger partial charge on any atom is -0.497 e. The highest BCUT2D eigenvalue weighted by molar-refractivity contribution is 6.05. The molecule has 0 aliphatic carbocycles. The van der Waals surface area contributed by atoms with Crippen molar-refractivity contribution < 1.29 is 14.4 Å². The summed E-state index contributed by atoms with van der Waals surface area (Å²) in [6.07, 6.45) is 1.54. The Kier molecular flexibility index (Phi) is 3.78. The molecule has 1 aliphatic rings. The van der Waals surface area contributed by atoms with Crippen molar-refractivity contribution in [2.45, 2.75) is 12.5 Å². The lowest BCUT2D eigenvalue weighted by molar-refractivity contribution is -0.125. The number of methoxy groups -OCH3 is 1. The Morgan fingerprint density at radius 1 is 1.36 bits per heavy atom. The summed E-state index contributed by atoms with van der Waals surface area (Å²) < 4.78 is 6.73. The van der Waals surface area contributed by atoms with Crippen molar-refractivity contribution in [2.75, 3.05) is 12.4 Å². The number of amides is 1. The van der Waals surface area contributed by atoms with Crippen molar-refractivity contribution in [3.05, 3.63) is 42.1 Å². The van der Waals surface area contributed by atoms with E-state index in [0.29, 0.717) is 12.2 Å². The van der Waals surface area contributed by atoms with Gasteiger partial charge >= 0.3 is 0 Å². The predicted molar refractivity (Wildman–Crippen MR) is 80.9 cm³/mol. The summed E-state index contributed by atoms with van der Waals surface area (Å²) in [6, 6.07) is 9.19. The van der Waals surface area contributed by atoms with Crippen LogP contribution in [0.5, 0.6) is 5.75 Å². The molecular formula is C15H16N4O3. The predicted octanol–water partition coefficient (Wildman–Crippen LogP) is 1.56. The number of oxime groups is 1. The van der Waals surface area contributed by atoms with Crippen LogP contribution in [0.4, 0.5) is 5.82 Å². The molecule has 0 saturated heterocycles. The molecule has 3 rings (SSSR count). The SMILES string of the molecule is COc1ccc(C2=NOC(C(=O)Nc3ccn(C)n3)C2)cc1. The highest BCUT2D eigenvalue weighted by Gasteiger charge is 2.29. The third-order valence-corrected chi connectivity index (χ3v) is 3.35. The van der Waals surface area contributed by atoms with Gasteiger partial charge < -0.3 is 14.9 Å². The van der Waals surface area contributed by atoms with Gasteiger partial charge in [-0.05, 0) is 29.8 Å². The first-order valence-corrected chi connectivity index (χ1v) is 6.83. The second kappa shape index (κ2) is 5.88. The molecule has 1 aromatic carbocycles. The van der Waals surface area contributed by atoms with Crippen LogP contribution < -0.4 is 10.1 Å². The molecule has 0 radical (unpaired) electrons. The third-order valence-electron chi connectivity index (χ3n) is 3.35. The van der Waals surface area contributed by atoms with Gasteiger partial charge in [0.25, 0.3) is 5.91 Å². The zero-order valence-electron chi connectivity index (χ0n) is 12.3. The molecule has 7 heteroatoms. The number of hydrogen-bond donors (Lipinski definition) is 1. The van der Waals surface area contributed by atoms with Crippen LogP contribution in [-0.4, -0.2) is 34.6 Å². The van der Waals surface area contributed by atoms with Gasteiger partial charge in [-0.25, -0.2) is 0 Å². The van der Waals surface area contributed by atoms with Crippen LogP contribution in [0.25, 0.3) is 0 Å². The van der Waals surface area contributed by atoms with E-state index in [-0.39, 0.29) is 5.91 Å². The summed E-state index contributed by atoms with van der Waals surface area (Å²) in [5.41, 5.74) is 1.65. The molecule has 1 amide bonds. The van der Waals surface area contributed by atoms with Gasteiger partial charge in [0.2, 0.25) is 6.10 Å². The Labute approximate surface area is 127 Å². The minimum absolute atomic E-state index is 0.258. The second-order valence-electron chi connectivity index (χ2n) is 4.93. The molecule has 0 saturated carbocycles. The van der Waals surface area contributed by atoms with Gasteiger partial charge in [0, 0.05) is 25.7 Å². The first-order chi connectivity index (χ1) is 10.7. The van der Waals surface area contributed by atoms with Crippen LogP contribution in [0.3, 0.4) is 0 Å². The van der Waals surface area contributed by atoms with E-state index >= 15 is 0 Å². The van der Waals surface area contributed by atoms with Gasteiger partial charge in [-0.1, -0.05) is 5.16 Å². The average Bonchev–Trinajstić information content (AvgIpc) is 3.17. The number of nitrogens with zero attached hydrogens (tertiary/aromatic N) is 3. The largest absolute Gasteiger partial charge is 0.497 e. The highest BCUT2D eigenvalue weighted by atomic mass is 16.6. The van der Waals surface area contributed by atoms with Gasteiger partial charge in [0.1, 0.15) is 5.75 Å². The number of aromatic nitrogens is 2. The number of anilines is 1. The fraction of sp³-hybridized carbons (Fsp3) is 0.267. The van der Waals surface area contributed by atoms with Crippen molar-refractivity contribution in [1.82, 2.24) is 9.78 Å². The number of aryl methyl sites for hydroxylation is 1. The fourth-order valence-electron chi connectivity index (χ4n) is 2.16. The van der Waals surface area contributed by atoms with Crippen molar-refractivity contribution in [3.63, 3.8) is 0 Å². The monoisotopic (exact) mass is 300 g/mol. The molecule has 7 nitrogen and oxygen atoms in total. The van der Waals surface area contributed by atoms with E-state index in [1.54, 1.807) is 31.1 Å². The smallest absolute Gasteiger partial charge is 0.269 e. The first kappa shape index (κ1) is 14.1. The van der Waals surface area contributed by atoms with Gasteiger partial charge in [-0.15, -0.1) is 0 Å². The molecule has 1 unspecified atom stereocenters. The maximum atomic E-state index is 12.1. The van der Waals surface area contributed by atoms with Crippen molar-refractivity contribution in [1.29, 1.82) is 0 Å². The highest BCUT2D eigenvalue weighted by Crippen LogP contribution is 2.20. The second-order valence-corrected chi connectivity index (χ2v) is 4.93. The average molecular weight is 300 g/mol. The van der Waals surface area contributed by atoms with Gasteiger partial charge in [0.15, 0.2) is 5.82 Å². The summed E-state index contributed by atoms with van der Waals surface area (Å²) in [7, 11) is 3.40. The Balaban J connectivity index is 1.61. The van der Waals surface area contributed by atoms with Crippen LogP contribution >= 0.6 is 0 Å². The molecule has 0 bridgehead atoms. The zero-order chi connectivity index (χ0) is 15.5. The normalized spacial score (nSPS) is 16.8. The molecular weight excluding hydrogens is 284 g/mol. The Morgan fingerprint density at radius 3 is 2.77 bits per heavy atom. The number of carbonyl (C=O) groups excluding carboxylic acids is 1. The van der Waals surface area contributed by atoms with Crippen molar-refractivity contribution in [3.8, 4) is 5.75 Å². The first-order valence-electron chi connectivity index (χ1n) is 6.83. The molecule has 22 heavy (non-hydrogen) atoms. The summed E-state index contributed by atoms with van der Waals surface area (Å²) in [6.45, 7) is 0. The Morgan fingerprint density at radius 2 is 2.14 bits per heavy atom. The third kappa shape index (κ3) is 2.93. The fourth-order valence-corrected chi connectivity index (χ4v) is 2.16. The van der Waals surface area contributed by atoms with E-state index in [1.807, 2.05) is 24.3 Å². The lowest BCUT2D eigenvalue weighted by Gasteiger charge is -2.07. The van der Waals surface area contributed by atoms with Crippen LogP contribution in [0.1, 0.15) is 12.0 Å². The zero-order valence-corrected chi connectivity index (χ0v) is 12.3. The Hall–Kier alpha value is -2.83. The molecule has 2 aromatic rings. The van der Waals surface area contributed by atoms with Crippen LogP contribution in [0, 0.1) is 0 Å². The number of nitrogens with one attached hydrogen (secondary N) is 1. The summed E-state index contributed by atoms with van der Waals surface area (Å²) in [5.74, 6) is 1.01. The molecule has 1 aromatic heterocycles. The molecule has 1 N–H and O–H groups in total. The molecule has 114 valence electrons. The minimum atomic E-state index is -0.640. The van der Waals surface area contributed by atoms with E-state index in [1.165, 1.54) is 0 Å². The lowest BCUT2D eigenvalue weighted by atomic mass is 10.0. The molecule has 0 fully saturated rings. The number of carbonyl (C=O) groups is 1.